The predicted molar refractivity (Wildman–Crippen MR) is 77.2 cm³/mol. The highest BCUT2D eigenvalue weighted by Crippen LogP contribution is 2.35. The minimum Gasteiger partial charge on any atom is -0.378 e. The molecule has 1 heteroatoms. The Labute approximate surface area is 109 Å². The van der Waals surface area contributed by atoms with Gasteiger partial charge < -0.3 is 5.32 Å². The van der Waals surface area contributed by atoms with Crippen LogP contribution < -0.4 is 5.32 Å². The first-order chi connectivity index (χ1) is 8.63. The highest BCUT2D eigenvalue weighted by molar-refractivity contribution is 5.59. The summed E-state index contributed by atoms with van der Waals surface area (Å²) in [5.41, 5.74) is 8.24. The van der Waals surface area contributed by atoms with Crippen molar-refractivity contribution in [2.24, 2.45) is 0 Å². The number of rotatable bonds is 1. The van der Waals surface area contributed by atoms with E-state index < -0.39 is 0 Å². The Morgan fingerprint density at radius 2 is 1.67 bits per heavy atom. The number of aryl methyl sites for hydroxylation is 3. The molecule has 0 fully saturated rings. The largest absolute Gasteiger partial charge is 0.378 e. The van der Waals surface area contributed by atoms with Crippen LogP contribution in [0.15, 0.2) is 36.4 Å². The molecule has 1 heterocycles. The van der Waals surface area contributed by atoms with Gasteiger partial charge in [-0.1, -0.05) is 41.5 Å². The Bertz CT molecular complexity index is 599. The summed E-state index contributed by atoms with van der Waals surface area (Å²) >= 11 is 0. The Balaban J connectivity index is 1.96. The van der Waals surface area contributed by atoms with Gasteiger partial charge in [-0.25, -0.2) is 0 Å². The number of hydrogen-bond acceptors (Lipinski definition) is 1. The molecule has 0 saturated heterocycles. The normalized spacial score (nSPS) is 17.4. The second kappa shape index (κ2) is 4.16. The van der Waals surface area contributed by atoms with Crippen LogP contribution in [-0.2, 0) is 6.42 Å². The Hall–Kier alpha value is -1.76. The van der Waals surface area contributed by atoms with E-state index in [1.165, 1.54) is 33.5 Å². The van der Waals surface area contributed by atoms with Crippen LogP contribution in [0.3, 0.4) is 0 Å². The lowest BCUT2D eigenvalue weighted by atomic mass is 9.96. The van der Waals surface area contributed by atoms with Crippen molar-refractivity contribution in [1.29, 1.82) is 0 Å². The van der Waals surface area contributed by atoms with E-state index in [0.717, 1.165) is 6.42 Å². The molecule has 0 bridgehead atoms. The third kappa shape index (κ3) is 1.90. The van der Waals surface area contributed by atoms with E-state index in [-0.39, 0.29) is 0 Å². The number of benzene rings is 2. The van der Waals surface area contributed by atoms with Gasteiger partial charge in [-0.2, -0.15) is 0 Å². The fraction of sp³-hybridized carbons (Fsp3) is 0.294. The van der Waals surface area contributed by atoms with Crippen LogP contribution in [0.4, 0.5) is 5.69 Å². The maximum atomic E-state index is 3.65. The van der Waals surface area contributed by atoms with Crippen molar-refractivity contribution in [3.8, 4) is 0 Å². The van der Waals surface area contributed by atoms with Crippen LogP contribution >= 0.6 is 0 Å². The van der Waals surface area contributed by atoms with Crippen LogP contribution in [-0.4, -0.2) is 0 Å². The average Bonchev–Trinajstić information content (AvgIpc) is 2.74. The zero-order valence-corrected chi connectivity index (χ0v) is 11.2. The molecule has 2 aromatic carbocycles. The number of anilines is 1. The molecule has 0 saturated carbocycles. The number of fused-ring (bicyclic) bond motifs is 1. The fourth-order valence-corrected chi connectivity index (χ4v) is 2.81. The van der Waals surface area contributed by atoms with E-state index in [1.807, 2.05) is 0 Å². The Kier molecular flexibility index (Phi) is 2.62. The van der Waals surface area contributed by atoms with E-state index in [1.54, 1.807) is 0 Å². The van der Waals surface area contributed by atoms with Crippen LogP contribution in [0.2, 0.25) is 0 Å². The molecule has 0 aromatic heterocycles. The molecule has 92 valence electrons. The first-order valence-corrected chi connectivity index (χ1v) is 6.57. The zero-order chi connectivity index (χ0) is 12.7. The molecule has 1 atom stereocenters. The molecule has 0 spiro atoms. The van der Waals surface area contributed by atoms with E-state index in [2.05, 4.69) is 62.5 Å². The molecule has 1 aliphatic rings. The van der Waals surface area contributed by atoms with Gasteiger partial charge in [0.2, 0.25) is 0 Å². The molecule has 1 unspecified atom stereocenters. The molecular weight excluding hydrogens is 218 g/mol. The van der Waals surface area contributed by atoms with Crippen molar-refractivity contribution in [2.45, 2.75) is 33.2 Å². The molecule has 18 heavy (non-hydrogen) atoms. The van der Waals surface area contributed by atoms with Crippen LogP contribution in [0.25, 0.3) is 0 Å². The molecule has 2 aromatic rings. The van der Waals surface area contributed by atoms with Gasteiger partial charge >= 0.3 is 0 Å². The van der Waals surface area contributed by atoms with Gasteiger partial charge in [-0.3, -0.25) is 0 Å². The number of nitrogens with one attached hydrogen (secondary N) is 1. The van der Waals surface area contributed by atoms with Crippen molar-refractivity contribution in [1.82, 2.24) is 0 Å². The molecule has 1 aliphatic heterocycles. The third-order valence-corrected chi connectivity index (χ3v) is 3.82. The summed E-state index contributed by atoms with van der Waals surface area (Å²) < 4.78 is 0. The fourth-order valence-electron chi connectivity index (χ4n) is 2.81. The molecule has 0 amide bonds. The summed E-state index contributed by atoms with van der Waals surface area (Å²) in [5, 5.41) is 3.65. The molecule has 1 nitrogen and oxygen atoms in total. The first kappa shape index (κ1) is 11.3. The van der Waals surface area contributed by atoms with E-state index in [9.17, 15) is 0 Å². The second-order valence-corrected chi connectivity index (χ2v) is 5.42. The smallest absolute Gasteiger partial charge is 0.0557 e. The van der Waals surface area contributed by atoms with Crippen molar-refractivity contribution >= 4 is 5.69 Å². The van der Waals surface area contributed by atoms with Crippen LogP contribution in [0.1, 0.15) is 33.9 Å². The Morgan fingerprint density at radius 3 is 2.50 bits per heavy atom. The summed E-state index contributed by atoms with van der Waals surface area (Å²) in [6.45, 7) is 6.52. The lowest BCUT2D eigenvalue weighted by Crippen LogP contribution is -2.07. The van der Waals surface area contributed by atoms with Gasteiger partial charge in [0.15, 0.2) is 0 Å². The maximum Gasteiger partial charge on any atom is 0.0557 e. The highest BCUT2D eigenvalue weighted by Gasteiger charge is 2.23. The molecule has 1 N–H and O–H groups in total. The van der Waals surface area contributed by atoms with E-state index in [4.69, 9.17) is 0 Å². The molecule has 3 rings (SSSR count). The molecule has 0 radical (unpaired) electrons. The standard InChI is InChI=1S/C17H19N/c1-11-5-7-16-14(8-11)10-17(18-16)15-9-12(2)4-6-13(15)3/h4-9,17-18H,10H2,1-3H3. The van der Waals surface area contributed by atoms with Gasteiger partial charge in [0.25, 0.3) is 0 Å². The van der Waals surface area contributed by atoms with Crippen LogP contribution in [0, 0.1) is 20.8 Å². The quantitative estimate of drug-likeness (QED) is 0.778. The molecule has 0 aliphatic carbocycles. The van der Waals surface area contributed by atoms with Gasteiger partial charge in [0.1, 0.15) is 0 Å². The zero-order valence-electron chi connectivity index (χ0n) is 11.2. The monoisotopic (exact) mass is 237 g/mol. The SMILES string of the molecule is Cc1ccc2c(c1)CC(c1cc(C)ccc1C)N2. The topological polar surface area (TPSA) is 12.0 Å². The lowest BCUT2D eigenvalue weighted by Gasteiger charge is -2.15. The average molecular weight is 237 g/mol. The first-order valence-electron chi connectivity index (χ1n) is 6.57. The summed E-state index contributed by atoms with van der Waals surface area (Å²) in [5.74, 6) is 0. The van der Waals surface area contributed by atoms with Crippen molar-refractivity contribution in [2.75, 3.05) is 5.32 Å². The van der Waals surface area contributed by atoms with Gasteiger partial charge in [0.05, 0.1) is 6.04 Å². The maximum absolute atomic E-state index is 3.65. The van der Waals surface area contributed by atoms with Gasteiger partial charge in [-0.15, -0.1) is 0 Å². The van der Waals surface area contributed by atoms with Gasteiger partial charge in [0, 0.05) is 5.69 Å². The Morgan fingerprint density at radius 1 is 0.944 bits per heavy atom. The number of hydrogen-bond donors (Lipinski definition) is 1. The highest BCUT2D eigenvalue weighted by atomic mass is 14.9. The third-order valence-electron chi connectivity index (χ3n) is 3.82. The minimum absolute atomic E-state index is 0.432. The van der Waals surface area contributed by atoms with E-state index >= 15 is 0 Å². The van der Waals surface area contributed by atoms with Crippen molar-refractivity contribution in [3.63, 3.8) is 0 Å². The van der Waals surface area contributed by atoms with Crippen molar-refractivity contribution in [3.05, 3.63) is 64.2 Å². The van der Waals surface area contributed by atoms with E-state index in [0.29, 0.717) is 6.04 Å². The van der Waals surface area contributed by atoms with Crippen molar-refractivity contribution < 1.29 is 0 Å². The van der Waals surface area contributed by atoms with Gasteiger partial charge in [-0.05, 0) is 49.9 Å². The second-order valence-electron chi connectivity index (χ2n) is 5.42. The van der Waals surface area contributed by atoms with Crippen LogP contribution in [0.5, 0.6) is 0 Å². The molecular formula is C17H19N. The summed E-state index contributed by atoms with van der Waals surface area (Å²) in [7, 11) is 0. The summed E-state index contributed by atoms with van der Waals surface area (Å²) in [6, 6.07) is 13.8. The summed E-state index contributed by atoms with van der Waals surface area (Å²) in [4.78, 5) is 0. The minimum atomic E-state index is 0.432. The summed E-state index contributed by atoms with van der Waals surface area (Å²) in [6.07, 6.45) is 1.10. The predicted octanol–water partition coefficient (Wildman–Crippen LogP) is 4.32. The lowest BCUT2D eigenvalue weighted by molar-refractivity contribution is 0.814.